The van der Waals surface area contributed by atoms with Crippen LogP contribution in [0.15, 0.2) is 24.3 Å². The largest absolute Gasteiger partial charge is 0.312 e. The molecule has 0 aromatic heterocycles. The highest BCUT2D eigenvalue weighted by molar-refractivity contribution is 5.21. The van der Waals surface area contributed by atoms with Crippen LogP contribution in [-0.2, 0) is 0 Å². The summed E-state index contributed by atoms with van der Waals surface area (Å²) in [5, 5.41) is 3.27. The second kappa shape index (κ2) is 6.89. The molecule has 1 atom stereocenters. The number of hydrogen-bond acceptors (Lipinski definition) is 2. The molecule has 1 unspecified atom stereocenters. The minimum absolute atomic E-state index is 0.0670. The second-order valence-corrected chi connectivity index (χ2v) is 7.30. The van der Waals surface area contributed by atoms with Crippen LogP contribution in [-0.4, -0.2) is 31.6 Å². The zero-order valence-electron chi connectivity index (χ0n) is 13.8. The highest BCUT2D eigenvalue weighted by Crippen LogP contribution is 2.34. The van der Waals surface area contributed by atoms with Crippen molar-refractivity contribution in [1.29, 1.82) is 0 Å². The van der Waals surface area contributed by atoms with Crippen LogP contribution in [0.25, 0.3) is 0 Å². The summed E-state index contributed by atoms with van der Waals surface area (Å²) in [6, 6.07) is 7.16. The molecule has 2 nitrogen and oxygen atoms in total. The molecule has 1 aliphatic heterocycles. The number of benzene rings is 1. The van der Waals surface area contributed by atoms with Crippen molar-refractivity contribution in [1.82, 2.24) is 10.2 Å². The molecule has 1 N–H and O–H groups in total. The van der Waals surface area contributed by atoms with E-state index in [-0.39, 0.29) is 11.9 Å². The fraction of sp³-hybridized carbons (Fsp3) is 0.667. The van der Waals surface area contributed by atoms with Gasteiger partial charge in [0.15, 0.2) is 0 Å². The molecule has 1 aromatic carbocycles. The van der Waals surface area contributed by atoms with Crippen molar-refractivity contribution in [3.05, 3.63) is 35.6 Å². The van der Waals surface area contributed by atoms with Gasteiger partial charge in [-0.15, -0.1) is 0 Å². The number of likely N-dealkylation sites (tertiary alicyclic amines) is 1. The Labute approximate surface area is 128 Å². The van der Waals surface area contributed by atoms with Crippen LogP contribution in [0.2, 0.25) is 0 Å². The molecule has 0 amide bonds. The van der Waals surface area contributed by atoms with Crippen LogP contribution >= 0.6 is 0 Å². The first-order valence-electron chi connectivity index (χ1n) is 8.06. The number of likely N-dealkylation sites (N-methyl/N-ethyl adjacent to an activating group) is 1. The third-order valence-corrected chi connectivity index (χ3v) is 4.88. The van der Waals surface area contributed by atoms with Crippen molar-refractivity contribution in [3.63, 3.8) is 0 Å². The van der Waals surface area contributed by atoms with Crippen LogP contribution in [0, 0.1) is 17.2 Å². The topological polar surface area (TPSA) is 15.3 Å². The van der Waals surface area contributed by atoms with Gasteiger partial charge >= 0.3 is 0 Å². The maximum absolute atomic E-state index is 13.9. The van der Waals surface area contributed by atoms with Gasteiger partial charge in [0.1, 0.15) is 5.82 Å². The van der Waals surface area contributed by atoms with Gasteiger partial charge in [0.25, 0.3) is 0 Å². The van der Waals surface area contributed by atoms with E-state index >= 15 is 0 Å². The lowest BCUT2D eigenvalue weighted by Gasteiger charge is -2.39. The van der Waals surface area contributed by atoms with E-state index in [0.717, 1.165) is 31.1 Å². The van der Waals surface area contributed by atoms with Gasteiger partial charge < -0.3 is 10.2 Å². The van der Waals surface area contributed by atoms with E-state index in [0.29, 0.717) is 5.41 Å². The summed E-state index contributed by atoms with van der Waals surface area (Å²) in [5.41, 5.74) is 1.18. The van der Waals surface area contributed by atoms with Crippen molar-refractivity contribution >= 4 is 0 Å². The normalized spacial score (nSPS) is 19.7. The number of nitrogens with one attached hydrogen (secondary N) is 1. The number of rotatable bonds is 4. The molecule has 2 rings (SSSR count). The van der Waals surface area contributed by atoms with E-state index in [9.17, 15) is 4.39 Å². The molecule has 1 heterocycles. The van der Waals surface area contributed by atoms with E-state index in [4.69, 9.17) is 0 Å². The van der Waals surface area contributed by atoms with E-state index in [1.54, 1.807) is 12.1 Å². The third kappa shape index (κ3) is 4.27. The average Bonchev–Trinajstić information content (AvgIpc) is 2.45. The van der Waals surface area contributed by atoms with Gasteiger partial charge in [-0.1, -0.05) is 39.0 Å². The first-order chi connectivity index (χ1) is 9.91. The maximum atomic E-state index is 13.9. The quantitative estimate of drug-likeness (QED) is 0.907. The van der Waals surface area contributed by atoms with Crippen LogP contribution in [0.5, 0.6) is 0 Å². The number of piperidine rings is 1. The Morgan fingerprint density at radius 2 is 1.86 bits per heavy atom. The summed E-state index contributed by atoms with van der Waals surface area (Å²) in [5.74, 6) is 0.691. The summed E-state index contributed by atoms with van der Waals surface area (Å²) < 4.78 is 13.9. The molecule has 1 aromatic rings. The predicted octanol–water partition coefficient (Wildman–Crippen LogP) is 3.84. The Kier molecular flexibility index (Phi) is 5.39. The highest BCUT2D eigenvalue weighted by atomic mass is 19.1. The number of nitrogens with zero attached hydrogens (tertiary/aromatic N) is 1. The van der Waals surface area contributed by atoms with Gasteiger partial charge in [0, 0.05) is 18.2 Å². The van der Waals surface area contributed by atoms with Crippen molar-refractivity contribution in [2.75, 3.05) is 26.7 Å². The fourth-order valence-electron chi connectivity index (χ4n) is 3.34. The zero-order chi connectivity index (χ0) is 15.5. The Morgan fingerprint density at radius 3 is 2.38 bits per heavy atom. The molecule has 0 bridgehead atoms. The van der Waals surface area contributed by atoms with Gasteiger partial charge in [0.2, 0.25) is 0 Å². The van der Waals surface area contributed by atoms with Crippen LogP contribution in [0.3, 0.4) is 0 Å². The summed E-state index contributed by atoms with van der Waals surface area (Å²) >= 11 is 0. The molecule has 1 saturated heterocycles. The molecule has 0 radical (unpaired) electrons. The summed E-state index contributed by atoms with van der Waals surface area (Å²) in [6.45, 7) is 10.1. The lowest BCUT2D eigenvalue weighted by molar-refractivity contribution is 0.105. The summed E-state index contributed by atoms with van der Waals surface area (Å²) in [7, 11) is 1.92. The lowest BCUT2D eigenvalue weighted by atomic mass is 9.75. The average molecular weight is 292 g/mol. The predicted molar refractivity (Wildman–Crippen MR) is 86.8 cm³/mol. The Bertz CT molecular complexity index is 445. The molecular weight excluding hydrogens is 263 g/mol. The van der Waals surface area contributed by atoms with Crippen LogP contribution in [0.1, 0.15) is 45.2 Å². The van der Waals surface area contributed by atoms with Crippen molar-refractivity contribution in [3.8, 4) is 0 Å². The van der Waals surface area contributed by atoms with E-state index < -0.39 is 0 Å². The first kappa shape index (κ1) is 16.4. The molecule has 0 saturated carbocycles. The maximum Gasteiger partial charge on any atom is 0.128 e. The Morgan fingerprint density at radius 1 is 1.24 bits per heavy atom. The minimum atomic E-state index is -0.110. The molecule has 3 heteroatoms. The van der Waals surface area contributed by atoms with Crippen molar-refractivity contribution in [2.45, 2.75) is 39.7 Å². The Hall–Kier alpha value is -0.930. The van der Waals surface area contributed by atoms with E-state index in [1.807, 2.05) is 19.2 Å². The van der Waals surface area contributed by atoms with Gasteiger partial charge in [-0.25, -0.2) is 4.39 Å². The standard InChI is InChI=1S/C18H29FN2/c1-18(2,3)14-9-11-21(12-10-14)13-17(20-4)15-7-5-6-8-16(15)19/h5-8,14,17,20H,9-13H2,1-4H3. The first-order valence-corrected chi connectivity index (χ1v) is 8.06. The van der Waals surface area contributed by atoms with Gasteiger partial charge in [-0.05, 0) is 50.4 Å². The molecule has 0 spiro atoms. The fourth-order valence-corrected chi connectivity index (χ4v) is 3.34. The third-order valence-electron chi connectivity index (χ3n) is 4.88. The van der Waals surface area contributed by atoms with Gasteiger partial charge in [-0.3, -0.25) is 0 Å². The SMILES string of the molecule is CNC(CN1CCC(C(C)(C)C)CC1)c1ccccc1F. The molecule has 0 aliphatic carbocycles. The molecule has 118 valence electrons. The number of hydrogen-bond donors (Lipinski definition) is 1. The molecule has 1 aliphatic rings. The molecule has 1 fully saturated rings. The van der Waals surface area contributed by atoms with E-state index in [1.165, 1.54) is 12.8 Å². The van der Waals surface area contributed by atoms with Gasteiger partial charge in [0.05, 0.1) is 0 Å². The highest BCUT2D eigenvalue weighted by Gasteiger charge is 2.29. The van der Waals surface area contributed by atoms with Crippen LogP contribution in [0.4, 0.5) is 4.39 Å². The van der Waals surface area contributed by atoms with Crippen LogP contribution < -0.4 is 5.32 Å². The van der Waals surface area contributed by atoms with Crippen molar-refractivity contribution < 1.29 is 4.39 Å². The van der Waals surface area contributed by atoms with Gasteiger partial charge in [-0.2, -0.15) is 0 Å². The number of halogens is 1. The Balaban J connectivity index is 1.94. The van der Waals surface area contributed by atoms with E-state index in [2.05, 4.69) is 31.0 Å². The van der Waals surface area contributed by atoms with Crippen molar-refractivity contribution in [2.24, 2.45) is 11.3 Å². The zero-order valence-corrected chi connectivity index (χ0v) is 13.8. The molecule has 21 heavy (non-hydrogen) atoms. The smallest absolute Gasteiger partial charge is 0.128 e. The lowest BCUT2D eigenvalue weighted by Crippen LogP contribution is -2.41. The molecular formula is C18H29FN2. The monoisotopic (exact) mass is 292 g/mol. The minimum Gasteiger partial charge on any atom is -0.312 e. The second-order valence-electron chi connectivity index (χ2n) is 7.30. The summed E-state index contributed by atoms with van der Waals surface area (Å²) in [4.78, 5) is 2.47. The summed E-state index contributed by atoms with van der Waals surface area (Å²) in [6.07, 6.45) is 2.49.